The Morgan fingerprint density at radius 2 is 1.83 bits per heavy atom. The van der Waals surface area contributed by atoms with Gasteiger partial charge in [0, 0.05) is 43.3 Å². The Bertz CT molecular complexity index is 1120. The molecule has 0 radical (unpaired) electrons. The number of nitrogens with one attached hydrogen (secondary N) is 1. The van der Waals surface area contributed by atoms with E-state index >= 15 is 0 Å². The molecule has 1 heterocycles. The minimum absolute atomic E-state index is 0.177. The van der Waals surface area contributed by atoms with Crippen LogP contribution < -0.4 is 10.1 Å². The molecule has 3 aromatic rings. The van der Waals surface area contributed by atoms with Crippen LogP contribution in [0.5, 0.6) is 11.5 Å². The zero-order chi connectivity index (χ0) is 21.3. The van der Waals surface area contributed by atoms with E-state index in [1.54, 1.807) is 25.3 Å². The van der Waals surface area contributed by atoms with E-state index in [1.165, 1.54) is 0 Å². The van der Waals surface area contributed by atoms with Crippen LogP contribution in [0.25, 0.3) is 0 Å². The Morgan fingerprint density at radius 1 is 1.03 bits per heavy atom. The van der Waals surface area contributed by atoms with Crippen molar-refractivity contribution in [2.75, 3.05) is 7.11 Å². The fraction of sp³-hybridized carbons (Fsp3) is 0.174. The van der Waals surface area contributed by atoms with Gasteiger partial charge in [0.2, 0.25) is 0 Å². The van der Waals surface area contributed by atoms with Gasteiger partial charge in [-0.2, -0.15) is 0 Å². The molecular weight excluding hydrogens is 532 g/mol. The molecular formula is C23H19Br2ClN2O2. The maximum atomic E-state index is 10.5. The van der Waals surface area contributed by atoms with Gasteiger partial charge in [0.1, 0.15) is 17.7 Å². The van der Waals surface area contributed by atoms with Crippen LogP contribution in [0.1, 0.15) is 35.3 Å². The predicted molar refractivity (Wildman–Crippen MR) is 128 cm³/mol. The highest BCUT2D eigenvalue weighted by Crippen LogP contribution is 2.38. The van der Waals surface area contributed by atoms with Gasteiger partial charge in [-0.1, -0.05) is 55.6 Å². The Labute approximate surface area is 197 Å². The van der Waals surface area contributed by atoms with Crippen molar-refractivity contribution in [3.05, 3.63) is 91.3 Å². The average molecular weight is 551 g/mol. The third-order valence-electron chi connectivity index (χ3n) is 5.05. The third-order valence-corrected chi connectivity index (χ3v) is 6.27. The summed E-state index contributed by atoms with van der Waals surface area (Å²) < 4.78 is 7.51. The number of phenolic OH excluding ortho intramolecular Hbond substituents is 1. The molecule has 0 saturated heterocycles. The highest BCUT2D eigenvalue weighted by Gasteiger charge is 2.29. The third kappa shape index (κ3) is 4.57. The molecule has 1 aliphatic rings. The molecule has 7 heteroatoms. The zero-order valence-corrected chi connectivity index (χ0v) is 20.0. The van der Waals surface area contributed by atoms with E-state index in [4.69, 9.17) is 21.3 Å². The highest BCUT2D eigenvalue weighted by molar-refractivity contribution is 9.10. The number of phenols is 1. The molecule has 0 bridgehead atoms. The molecule has 0 unspecified atom stereocenters. The summed E-state index contributed by atoms with van der Waals surface area (Å²) in [6.45, 7) is 0. The summed E-state index contributed by atoms with van der Waals surface area (Å²) in [5.74, 6) is 0.941. The smallest absolute Gasteiger partial charge is 0.130 e. The van der Waals surface area contributed by atoms with E-state index in [1.807, 2.05) is 42.5 Å². The molecule has 4 nitrogen and oxygen atoms in total. The number of ether oxygens (including phenoxy) is 1. The van der Waals surface area contributed by atoms with Gasteiger partial charge in [-0.05, 0) is 54.1 Å². The highest BCUT2D eigenvalue weighted by atomic mass is 79.9. The topological polar surface area (TPSA) is 53.9 Å². The van der Waals surface area contributed by atoms with Crippen LogP contribution in [0.3, 0.4) is 0 Å². The Morgan fingerprint density at radius 3 is 2.60 bits per heavy atom. The van der Waals surface area contributed by atoms with Crippen LogP contribution in [0.15, 0.2) is 74.6 Å². The van der Waals surface area contributed by atoms with Gasteiger partial charge in [-0.15, -0.1) is 0 Å². The largest absolute Gasteiger partial charge is 0.508 e. The normalized spacial score (nSPS) is 18.7. The molecule has 3 aromatic carbocycles. The molecule has 0 spiro atoms. The summed E-state index contributed by atoms with van der Waals surface area (Å²) >= 11 is 13.3. The van der Waals surface area contributed by atoms with Gasteiger partial charge >= 0.3 is 0 Å². The van der Waals surface area contributed by atoms with Crippen molar-refractivity contribution in [3.8, 4) is 11.5 Å². The van der Waals surface area contributed by atoms with Crippen LogP contribution in [0, 0.1) is 0 Å². The van der Waals surface area contributed by atoms with Crippen LogP contribution >= 0.6 is 43.5 Å². The van der Waals surface area contributed by atoms with Crippen molar-refractivity contribution in [1.29, 1.82) is 0 Å². The Hall–Kier alpha value is -1.86. The number of halogens is 3. The molecule has 0 amide bonds. The van der Waals surface area contributed by atoms with Crippen molar-refractivity contribution in [2.45, 2.75) is 18.6 Å². The molecule has 1 aliphatic heterocycles. The molecule has 4 rings (SSSR count). The maximum absolute atomic E-state index is 10.5. The lowest BCUT2D eigenvalue weighted by Crippen LogP contribution is -2.33. The van der Waals surface area contributed by atoms with Crippen LogP contribution in [0.4, 0.5) is 0 Å². The number of hydrogen-bond donors (Lipinski definition) is 2. The van der Waals surface area contributed by atoms with Crippen LogP contribution in [-0.2, 0) is 0 Å². The summed E-state index contributed by atoms with van der Waals surface area (Å²) in [6.07, 6.45) is 0.250. The summed E-state index contributed by atoms with van der Waals surface area (Å²) in [4.78, 5) is 5.01. The predicted octanol–water partition coefficient (Wildman–Crippen LogP) is 6.80. The number of hydrogen-bond acceptors (Lipinski definition) is 4. The van der Waals surface area contributed by atoms with Gasteiger partial charge in [-0.25, -0.2) is 0 Å². The van der Waals surface area contributed by atoms with Crippen molar-refractivity contribution in [3.63, 3.8) is 0 Å². The van der Waals surface area contributed by atoms with Crippen molar-refractivity contribution < 1.29 is 9.84 Å². The maximum Gasteiger partial charge on any atom is 0.130 e. The first-order valence-corrected chi connectivity index (χ1v) is 11.3. The van der Waals surface area contributed by atoms with E-state index in [-0.39, 0.29) is 18.0 Å². The minimum Gasteiger partial charge on any atom is -0.508 e. The molecule has 2 N–H and O–H groups in total. The molecule has 0 saturated carbocycles. The van der Waals surface area contributed by atoms with Crippen LogP contribution in [0.2, 0.25) is 5.02 Å². The van der Waals surface area contributed by atoms with Crippen LogP contribution in [-0.4, -0.2) is 17.9 Å². The number of aliphatic imine (C=N–C) groups is 1. The lowest BCUT2D eigenvalue weighted by atomic mass is 9.93. The lowest BCUT2D eigenvalue weighted by molar-refractivity contribution is 0.381. The molecule has 154 valence electrons. The first kappa shape index (κ1) is 21.4. The first-order valence-electron chi connectivity index (χ1n) is 9.35. The number of benzene rings is 3. The lowest BCUT2D eigenvalue weighted by Gasteiger charge is -2.31. The fourth-order valence-corrected chi connectivity index (χ4v) is 4.59. The summed E-state index contributed by atoms with van der Waals surface area (Å²) in [6, 6.07) is 18.8. The van der Waals surface area contributed by atoms with Gasteiger partial charge in [0.15, 0.2) is 0 Å². The summed E-state index contributed by atoms with van der Waals surface area (Å²) in [5, 5.41) is 14.6. The monoisotopic (exact) mass is 548 g/mol. The van der Waals surface area contributed by atoms with E-state index < -0.39 is 0 Å². The summed E-state index contributed by atoms with van der Waals surface area (Å²) in [7, 11) is 1.65. The van der Waals surface area contributed by atoms with E-state index in [9.17, 15) is 5.11 Å². The van der Waals surface area contributed by atoms with E-state index in [2.05, 4.69) is 37.2 Å². The summed E-state index contributed by atoms with van der Waals surface area (Å²) in [5.41, 5.74) is 3.61. The standard InChI is InChI=1S/C23H19Br2ClN2O2/c1-30-22-8-5-15(25)10-18(22)23-27-19(13-3-2-4-14(24)9-13)12-20(28-23)17-11-16(26)6-7-21(17)29/h2-11,20,23,28-29H,12H2,1H3/t20-,23+/m0/s1. The number of rotatable bonds is 4. The van der Waals surface area contributed by atoms with E-state index in [0.717, 1.165) is 37.1 Å². The second-order valence-electron chi connectivity index (χ2n) is 7.00. The molecule has 0 aliphatic carbocycles. The van der Waals surface area contributed by atoms with Gasteiger partial charge in [0.05, 0.1) is 7.11 Å². The molecule has 2 atom stereocenters. The van der Waals surface area contributed by atoms with Crippen molar-refractivity contribution in [2.24, 2.45) is 4.99 Å². The van der Waals surface area contributed by atoms with Crippen molar-refractivity contribution >= 4 is 49.2 Å². The number of nitrogens with zero attached hydrogens (tertiary/aromatic N) is 1. The van der Waals surface area contributed by atoms with Gasteiger partial charge in [-0.3, -0.25) is 10.3 Å². The SMILES string of the molecule is COc1ccc(Br)cc1[C@@H]1N=C(c2cccc(Br)c2)C[C@@H](c2cc(Cl)ccc2O)N1. The zero-order valence-electron chi connectivity index (χ0n) is 16.1. The second kappa shape index (κ2) is 9.10. The fourth-order valence-electron chi connectivity index (χ4n) is 3.63. The average Bonchev–Trinajstić information content (AvgIpc) is 2.75. The first-order chi connectivity index (χ1) is 14.4. The molecule has 30 heavy (non-hydrogen) atoms. The molecule has 0 aromatic heterocycles. The second-order valence-corrected chi connectivity index (χ2v) is 9.27. The minimum atomic E-state index is -0.358. The molecule has 0 fully saturated rings. The van der Waals surface area contributed by atoms with Gasteiger partial charge < -0.3 is 9.84 Å². The quantitative estimate of drug-likeness (QED) is 0.376. The Balaban J connectivity index is 1.83. The number of aromatic hydroxyl groups is 1. The Kier molecular flexibility index (Phi) is 6.48. The van der Waals surface area contributed by atoms with E-state index in [0.29, 0.717) is 11.4 Å². The van der Waals surface area contributed by atoms with Crippen molar-refractivity contribution in [1.82, 2.24) is 5.32 Å². The van der Waals surface area contributed by atoms with Gasteiger partial charge in [0.25, 0.3) is 0 Å². The number of methoxy groups -OCH3 is 1.